The van der Waals surface area contributed by atoms with Crippen LogP contribution in [0.3, 0.4) is 0 Å². The zero-order valence-corrected chi connectivity index (χ0v) is 8.62. The number of nitrogens with zero attached hydrogens (tertiary/aromatic N) is 1. The fraction of sp³-hybridized carbons (Fsp3) is 0.556. The largest absolute Gasteiger partial charge is 0.394 e. The number of H-pyrrole nitrogens is 1. The Morgan fingerprint density at radius 2 is 2.24 bits per heavy atom. The van der Waals surface area contributed by atoms with Crippen molar-refractivity contribution in [3.63, 3.8) is 0 Å². The van der Waals surface area contributed by atoms with E-state index in [4.69, 9.17) is 9.84 Å². The van der Waals surface area contributed by atoms with Gasteiger partial charge in [0.05, 0.1) is 6.61 Å². The lowest BCUT2D eigenvalue weighted by atomic mass is 10.1. The van der Waals surface area contributed by atoms with Crippen molar-refractivity contribution in [2.45, 2.75) is 24.6 Å². The lowest BCUT2D eigenvalue weighted by Crippen LogP contribution is -2.35. The Kier molecular flexibility index (Phi) is 3.09. The van der Waals surface area contributed by atoms with E-state index in [0.29, 0.717) is 0 Å². The minimum atomic E-state index is -1.85. The SMILES string of the molecule is O=c1ccn([C@@H]2O[C@H](CO)[C@@H](O)[C@@H]2F)c(=O)[nH]1. The Balaban J connectivity index is 2.35. The standard InChI is InChI=1S/C9H11FN2O5/c10-6-7(15)4(3-13)17-8(6)12-2-1-5(14)11-9(12)16/h1-2,4,6-8,13,15H,3H2,(H,11,14,16)/t4-,6+,7-,8-/m1/s1. The lowest BCUT2D eigenvalue weighted by Gasteiger charge is -2.15. The highest BCUT2D eigenvalue weighted by molar-refractivity contribution is 4.93. The maximum atomic E-state index is 13.6. The van der Waals surface area contributed by atoms with Crippen LogP contribution in [0, 0.1) is 0 Å². The second kappa shape index (κ2) is 4.40. The van der Waals surface area contributed by atoms with Crippen molar-refractivity contribution in [3.8, 4) is 0 Å². The molecule has 0 bridgehead atoms. The van der Waals surface area contributed by atoms with Gasteiger partial charge in [-0.15, -0.1) is 0 Å². The van der Waals surface area contributed by atoms with Gasteiger partial charge in [-0.05, 0) is 0 Å². The number of rotatable bonds is 2. The Bertz CT molecular complexity index is 513. The van der Waals surface area contributed by atoms with Crippen molar-refractivity contribution in [2.75, 3.05) is 6.61 Å². The van der Waals surface area contributed by atoms with Crippen LogP contribution in [0.5, 0.6) is 0 Å². The molecule has 0 saturated carbocycles. The van der Waals surface area contributed by atoms with E-state index < -0.39 is 42.5 Å². The number of hydrogen-bond donors (Lipinski definition) is 3. The van der Waals surface area contributed by atoms with Gasteiger partial charge < -0.3 is 14.9 Å². The highest BCUT2D eigenvalue weighted by atomic mass is 19.1. The molecule has 2 heterocycles. The van der Waals surface area contributed by atoms with Gasteiger partial charge >= 0.3 is 5.69 Å². The van der Waals surface area contributed by atoms with Gasteiger partial charge in [0.15, 0.2) is 12.4 Å². The summed E-state index contributed by atoms with van der Waals surface area (Å²) >= 11 is 0. The highest BCUT2D eigenvalue weighted by Gasteiger charge is 2.45. The van der Waals surface area contributed by atoms with E-state index in [1.165, 1.54) is 0 Å². The van der Waals surface area contributed by atoms with Crippen LogP contribution in [0.2, 0.25) is 0 Å². The van der Waals surface area contributed by atoms with Gasteiger partial charge in [-0.1, -0.05) is 0 Å². The second-order valence-electron chi connectivity index (χ2n) is 3.70. The van der Waals surface area contributed by atoms with Crippen molar-refractivity contribution >= 4 is 0 Å². The first-order chi connectivity index (χ1) is 8.04. The van der Waals surface area contributed by atoms with Crippen LogP contribution in [-0.4, -0.2) is 44.8 Å². The minimum Gasteiger partial charge on any atom is -0.394 e. The molecule has 17 heavy (non-hydrogen) atoms. The summed E-state index contributed by atoms with van der Waals surface area (Å²) in [6, 6.07) is 1.04. The summed E-state index contributed by atoms with van der Waals surface area (Å²) in [5.41, 5.74) is -1.45. The Labute approximate surface area is 94.1 Å². The van der Waals surface area contributed by atoms with Crippen LogP contribution in [0.1, 0.15) is 6.23 Å². The molecule has 8 heteroatoms. The summed E-state index contributed by atoms with van der Waals surface area (Å²) in [6.07, 6.45) is -4.73. The van der Waals surface area contributed by atoms with E-state index >= 15 is 0 Å². The number of halogens is 1. The molecule has 0 spiro atoms. The monoisotopic (exact) mass is 246 g/mol. The molecule has 0 radical (unpaired) electrons. The van der Waals surface area contributed by atoms with Gasteiger partial charge in [-0.25, -0.2) is 9.18 Å². The predicted octanol–water partition coefficient (Wildman–Crippen LogP) is -1.87. The highest BCUT2D eigenvalue weighted by Crippen LogP contribution is 2.30. The number of hydrogen-bond acceptors (Lipinski definition) is 5. The molecular formula is C9H11FN2O5. The van der Waals surface area contributed by atoms with Crippen molar-refractivity contribution in [2.24, 2.45) is 0 Å². The van der Waals surface area contributed by atoms with Crippen molar-refractivity contribution in [3.05, 3.63) is 33.1 Å². The van der Waals surface area contributed by atoms with E-state index in [9.17, 15) is 19.1 Å². The third-order valence-electron chi connectivity index (χ3n) is 2.60. The number of nitrogens with one attached hydrogen (secondary N) is 1. The summed E-state index contributed by atoms with van der Waals surface area (Å²) in [6.45, 7) is -0.559. The first kappa shape index (κ1) is 12.0. The summed E-state index contributed by atoms with van der Waals surface area (Å²) in [5, 5.41) is 18.2. The normalized spacial score (nSPS) is 32.9. The molecule has 1 aromatic heterocycles. The molecular weight excluding hydrogens is 235 g/mol. The second-order valence-corrected chi connectivity index (χ2v) is 3.70. The van der Waals surface area contributed by atoms with Crippen LogP contribution in [0.15, 0.2) is 21.9 Å². The summed E-state index contributed by atoms with van der Waals surface area (Å²) in [5.74, 6) is 0. The smallest absolute Gasteiger partial charge is 0.330 e. The lowest BCUT2D eigenvalue weighted by molar-refractivity contribution is -0.0491. The molecule has 1 saturated heterocycles. The molecule has 1 aromatic rings. The molecule has 0 unspecified atom stereocenters. The minimum absolute atomic E-state index is 0.559. The quantitative estimate of drug-likeness (QED) is 0.567. The van der Waals surface area contributed by atoms with Gasteiger partial charge in [0.2, 0.25) is 0 Å². The van der Waals surface area contributed by atoms with Gasteiger partial charge in [0.25, 0.3) is 5.56 Å². The van der Waals surface area contributed by atoms with Gasteiger partial charge in [0, 0.05) is 12.3 Å². The summed E-state index contributed by atoms with van der Waals surface area (Å²) < 4.78 is 19.5. The third kappa shape index (κ3) is 2.02. The molecule has 94 valence electrons. The Morgan fingerprint density at radius 3 is 2.76 bits per heavy atom. The number of aliphatic hydroxyl groups is 2. The molecule has 2 rings (SSSR count). The van der Waals surface area contributed by atoms with Gasteiger partial charge in [-0.2, -0.15) is 0 Å². The molecule has 0 aromatic carbocycles. The molecule has 4 atom stereocenters. The number of alkyl halides is 1. The number of aliphatic hydroxyl groups excluding tert-OH is 2. The van der Waals surface area contributed by atoms with Crippen LogP contribution >= 0.6 is 0 Å². The first-order valence-electron chi connectivity index (χ1n) is 4.94. The maximum Gasteiger partial charge on any atom is 0.330 e. The predicted molar refractivity (Wildman–Crippen MR) is 53.2 cm³/mol. The fourth-order valence-electron chi connectivity index (χ4n) is 1.71. The van der Waals surface area contributed by atoms with Crippen LogP contribution in [0.4, 0.5) is 4.39 Å². The van der Waals surface area contributed by atoms with E-state index in [0.717, 1.165) is 16.8 Å². The van der Waals surface area contributed by atoms with Gasteiger partial charge in [-0.3, -0.25) is 14.3 Å². The fourth-order valence-corrected chi connectivity index (χ4v) is 1.71. The molecule has 1 fully saturated rings. The van der Waals surface area contributed by atoms with Gasteiger partial charge in [0.1, 0.15) is 12.2 Å². The van der Waals surface area contributed by atoms with Crippen LogP contribution in [-0.2, 0) is 4.74 Å². The van der Waals surface area contributed by atoms with Crippen molar-refractivity contribution in [1.82, 2.24) is 9.55 Å². The molecule has 1 aliphatic heterocycles. The van der Waals surface area contributed by atoms with Crippen molar-refractivity contribution in [1.29, 1.82) is 0 Å². The zero-order valence-electron chi connectivity index (χ0n) is 8.62. The number of aromatic nitrogens is 2. The molecule has 3 N–H and O–H groups in total. The number of aromatic amines is 1. The molecule has 7 nitrogen and oxygen atoms in total. The van der Waals surface area contributed by atoms with Crippen molar-refractivity contribution < 1.29 is 19.3 Å². The number of ether oxygens (including phenoxy) is 1. The molecule has 0 aliphatic carbocycles. The van der Waals surface area contributed by atoms with E-state index in [2.05, 4.69) is 0 Å². The average Bonchev–Trinajstić information content (AvgIpc) is 2.57. The zero-order chi connectivity index (χ0) is 12.6. The average molecular weight is 246 g/mol. The van der Waals surface area contributed by atoms with Crippen LogP contribution in [0.25, 0.3) is 0 Å². The Hall–Kier alpha value is -1.51. The molecule has 1 aliphatic rings. The summed E-state index contributed by atoms with van der Waals surface area (Å²) in [4.78, 5) is 24.2. The first-order valence-corrected chi connectivity index (χ1v) is 4.94. The van der Waals surface area contributed by atoms with E-state index in [1.54, 1.807) is 0 Å². The summed E-state index contributed by atoms with van der Waals surface area (Å²) in [7, 11) is 0. The van der Waals surface area contributed by atoms with Crippen LogP contribution < -0.4 is 11.2 Å². The topological polar surface area (TPSA) is 105 Å². The third-order valence-corrected chi connectivity index (χ3v) is 2.60. The maximum absolute atomic E-state index is 13.6. The Morgan fingerprint density at radius 1 is 1.53 bits per heavy atom. The molecule has 0 amide bonds. The van der Waals surface area contributed by atoms with E-state index in [1.807, 2.05) is 4.98 Å². The van der Waals surface area contributed by atoms with E-state index in [-0.39, 0.29) is 0 Å².